The molecule has 0 saturated heterocycles. The molecule has 1 fully saturated rings. The van der Waals surface area contributed by atoms with Crippen LogP contribution in [0.3, 0.4) is 0 Å². The van der Waals surface area contributed by atoms with E-state index in [0.29, 0.717) is 6.04 Å². The van der Waals surface area contributed by atoms with Crippen LogP contribution in [0.25, 0.3) is 0 Å². The van der Waals surface area contributed by atoms with E-state index in [1.54, 1.807) is 0 Å². The van der Waals surface area contributed by atoms with Crippen molar-refractivity contribution < 1.29 is 0 Å². The molecule has 2 nitrogen and oxygen atoms in total. The zero-order chi connectivity index (χ0) is 14.4. The average molecular weight is 335 g/mol. The number of halogens is 1. The number of nitrogens with one attached hydrogen (secondary N) is 1. The van der Waals surface area contributed by atoms with Gasteiger partial charge in [0, 0.05) is 10.5 Å². The lowest BCUT2D eigenvalue weighted by molar-refractivity contribution is 0.422. The summed E-state index contributed by atoms with van der Waals surface area (Å²) in [6, 6.07) is 8.61. The Labute approximate surface area is 130 Å². The van der Waals surface area contributed by atoms with Crippen LogP contribution in [0, 0.1) is 17.2 Å². The summed E-state index contributed by atoms with van der Waals surface area (Å²) in [5.41, 5.74) is 1.71. The fraction of sp³-hybridized carbons (Fsp3) is 0.588. The third-order valence-electron chi connectivity index (χ3n) is 4.25. The van der Waals surface area contributed by atoms with Gasteiger partial charge in [-0.15, -0.1) is 0 Å². The van der Waals surface area contributed by atoms with Gasteiger partial charge < -0.3 is 5.32 Å². The predicted octanol–water partition coefficient (Wildman–Crippen LogP) is 5.48. The van der Waals surface area contributed by atoms with Crippen molar-refractivity contribution in [2.75, 3.05) is 5.32 Å². The van der Waals surface area contributed by atoms with Crippen LogP contribution in [-0.4, -0.2) is 6.04 Å². The largest absolute Gasteiger partial charge is 0.381 e. The zero-order valence-corrected chi connectivity index (χ0v) is 13.7. The number of nitrogens with zero attached hydrogens (tertiary/aromatic N) is 1. The molecule has 1 aromatic rings. The Morgan fingerprint density at radius 2 is 2.15 bits per heavy atom. The minimum atomic E-state index is 0.512. The fourth-order valence-corrected chi connectivity index (χ4v) is 3.53. The fourth-order valence-electron chi connectivity index (χ4n) is 3.17. The molecule has 2 atom stereocenters. The molecule has 1 N–H and O–H groups in total. The van der Waals surface area contributed by atoms with E-state index < -0.39 is 0 Å². The van der Waals surface area contributed by atoms with Crippen molar-refractivity contribution in [1.29, 1.82) is 5.26 Å². The van der Waals surface area contributed by atoms with Crippen LogP contribution in [0.15, 0.2) is 22.7 Å². The molecule has 1 saturated carbocycles. The second-order valence-corrected chi connectivity index (χ2v) is 6.72. The van der Waals surface area contributed by atoms with Gasteiger partial charge in [0.1, 0.15) is 6.07 Å². The molecule has 3 heteroatoms. The first-order valence-corrected chi connectivity index (χ1v) is 8.48. The van der Waals surface area contributed by atoms with Gasteiger partial charge in [-0.1, -0.05) is 48.5 Å². The van der Waals surface area contributed by atoms with Crippen molar-refractivity contribution in [2.45, 2.75) is 57.9 Å². The maximum Gasteiger partial charge on any atom is 0.101 e. The van der Waals surface area contributed by atoms with Crippen LogP contribution in [0.1, 0.15) is 57.4 Å². The van der Waals surface area contributed by atoms with Crippen LogP contribution in [0.4, 0.5) is 5.69 Å². The van der Waals surface area contributed by atoms with E-state index in [0.717, 1.165) is 21.6 Å². The smallest absolute Gasteiger partial charge is 0.101 e. The van der Waals surface area contributed by atoms with E-state index in [-0.39, 0.29) is 0 Å². The van der Waals surface area contributed by atoms with Gasteiger partial charge in [-0.25, -0.2) is 0 Å². The van der Waals surface area contributed by atoms with Gasteiger partial charge in [0.05, 0.1) is 11.3 Å². The molecule has 0 spiro atoms. The molecule has 0 aromatic heterocycles. The Morgan fingerprint density at radius 1 is 1.30 bits per heavy atom. The third-order valence-corrected chi connectivity index (χ3v) is 4.74. The second-order valence-electron chi connectivity index (χ2n) is 5.81. The first-order valence-electron chi connectivity index (χ1n) is 7.69. The Balaban J connectivity index is 2.00. The van der Waals surface area contributed by atoms with Crippen molar-refractivity contribution in [3.8, 4) is 6.07 Å². The summed E-state index contributed by atoms with van der Waals surface area (Å²) in [5, 5.41) is 12.8. The number of rotatable bonds is 4. The molecule has 1 aliphatic carbocycles. The Kier molecular flexibility index (Phi) is 5.91. The van der Waals surface area contributed by atoms with E-state index in [9.17, 15) is 5.26 Å². The lowest BCUT2D eigenvalue weighted by Gasteiger charge is -2.19. The molecule has 108 valence electrons. The monoisotopic (exact) mass is 334 g/mol. The van der Waals surface area contributed by atoms with Crippen molar-refractivity contribution in [3.63, 3.8) is 0 Å². The molecule has 1 aliphatic rings. The van der Waals surface area contributed by atoms with E-state index in [4.69, 9.17) is 0 Å². The molecule has 2 unspecified atom stereocenters. The van der Waals surface area contributed by atoms with Crippen molar-refractivity contribution in [1.82, 2.24) is 0 Å². The van der Waals surface area contributed by atoms with Gasteiger partial charge in [-0.05, 0) is 43.4 Å². The third kappa shape index (κ3) is 4.24. The Morgan fingerprint density at radius 3 is 2.90 bits per heavy atom. The summed E-state index contributed by atoms with van der Waals surface area (Å²) in [5.74, 6) is 0.907. The van der Waals surface area contributed by atoms with E-state index in [2.05, 4.69) is 34.2 Å². The highest BCUT2D eigenvalue weighted by Crippen LogP contribution is 2.29. The SMILES string of the molecule is CCCC1CCCC(Nc2cc(Br)ccc2C#N)CC1. The van der Waals surface area contributed by atoms with E-state index in [1.165, 1.54) is 44.9 Å². The van der Waals surface area contributed by atoms with Crippen LogP contribution >= 0.6 is 15.9 Å². The lowest BCUT2D eigenvalue weighted by Crippen LogP contribution is -2.19. The quantitative estimate of drug-likeness (QED) is 0.739. The number of hydrogen-bond acceptors (Lipinski definition) is 2. The molecule has 2 rings (SSSR count). The highest BCUT2D eigenvalue weighted by atomic mass is 79.9. The van der Waals surface area contributed by atoms with E-state index in [1.807, 2.05) is 18.2 Å². The van der Waals surface area contributed by atoms with Gasteiger partial charge in [0.2, 0.25) is 0 Å². The van der Waals surface area contributed by atoms with Gasteiger partial charge in [-0.3, -0.25) is 0 Å². The maximum atomic E-state index is 9.20. The zero-order valence-electron chi connectivity index (χ0n) is 12.2. The molecular weight excluding hydrogens is 312 g/mol. The van der Waals surface area contributed by atoms with Crippen LogP contribution < -0.4 is 5.32 Å². The Hall–Kier alpha value is -1.01. The summed E-state index contributed by atoms with van der Waals surface area (Å²) in [4.78, 5) is 0. The number of nitriles is 1. The molecular formula is C17H23BrN2. The summed E-state index contributed by atoms with van der Waals surface area (Å²) < 4.78 is 1.02. The molecule has 0 amide bonds. The van der Waals surface area contributed by atoms with Gasteiger partial charge in [0.15, 0.2) is 0 Å². The van der Waals surface area contributed by atoms with Crippen LogP contribution in [0.5, 0.6) is 0 Å². The molecule has 0 heterocycles. The maximum absolute atomic E-state index is 9.20. The first-order chi connectivity index (χ1) is 9.72. The number of hydrogen-bond donors (Lipinski definition) is 1. The van der Waals surface area contributed by atoms with Gasteiger partial charge in [0.25, 0.3) is 0 Å². The summed E-state index contributed by atoms with van der Waals surface area (Å²) in [6.07, 6.45) is 9.11. The number of benzene rings is 1. The summed E-state index contributed by atoms with van der Waals surface area (Å²) in [6.45, 7) is 2.28. The molecule has 1 aromatic carbocycles. The minimum absolute atomic E-state index is 0.512. The van der Waals surface area contributed by atoms with Crippen molar-refractivity contribution in [3.05, 3.63) is 28.2 Å². The summed E-state index contributed by atoms with van der Waals surface area (Å²) >= 11 is 3.49. The van der Waals surface area contributed by atoms with Gasteiger partial charge >= 0.3 is 0 Å². The second kappa shape index (κ2) is 7.69. The molecule has 0 bridgehead atoms. The first kappa shape index (κ1) is 15.4. The molecule has 20 heavy (non-hydrogen) atoms. The average Bonchev–Trinajstić information content (AvgIpc) is 2.65. The van der Waals surface area contributed by atoms with E-state index >= 15 is 0 Å². The molecule has 0 radical (unpaired) electrons. The predicted molar refractivity (Wildman–Crippen MR) is 87.8 cm³/mol. The minimum Gasteiger partial charge on any atom is -0.381 e. The van der Waals surface area contributed by atoms with Crippen LogP contribution in [0.2, 0.25) is 0 Å². The summed E-state index contributed by atoms with van der Waals surface area (Å²) in [7, 11) is 0. The van der Waals surface area contributed by atoms with Crippen molar-refractivity contribution >= 4 is 21.6 Å². The Bertz CT molecular complexity index is 478. The van der Waals surface area contributed by atoms with Crippen molar-refractivity contribution in [2.24, 2.45) is 5.92 Å². The highest BCUT2D eigenvalue weighted by molar-refractivity contribution is 9.10. The molecule has 0 aliphatic heterocycles. The normalized spacial score (nSPS) is 22.9. The van der Waals surface area contributed by atoms with Crippen LogP contribution in [-0.2, 0) is 0 Å². The lowest BCUT2D eigenvalue weighted by atomic mass is 9.95. The number of anilines is 1. The van der Waals surface area contributed by atoms with Gasteiger partial charge in [-0.2, -0.15) is 5.26 Å². The highest BCUT2D eigenvalue weighted by Gasteiger charge is 2.19. The topological polar surface area (TPSA) is 35.8 Å². The standard InChI is InChI=1S/C17H23BrN2/c1-2-4-13-5-3-6-16(10-7-13)20-17-11-15(18)9-8-14(17)12-19/h8-9,11,13,16,20H,2-7,10H2,1H3.